The molecule has 0 spiro atoms. The lowest BCUT2D eigenvalue weighted by molar-refractivity contribution is -0.141. The average molecular weight is 251 g/mol. The third-order valence-corrected chi connectivity index (χ3v) is 3.32. The van der Waals surface area contributed by atoms with Crippen LogP contribution in [-0.4, -0.2) is 29.1 Å². The number of aryl methyl sites for hydroxylation is 1. The van der Waals surface area contributed by atoms with E-state index in [1.807, 2.05) is 13.0 Å². The summed E-state index contributed by atoms with van der Waals surface area (Å²) >= 11 is 1.60. The number of carbonyl (C=O) groups is 1. The van der Waals surface area contributed by atoms with Gasteiger partial charge >= 0.3 is 5.97 Å². The third kappa shape index (κ3) is 2.36. The Morgan fingerprint density at radius 3 is 3.00 bits per heavy atom. The maximum atomic E-state index is 11.3. The zero-order chi connectivity index (χ0) is 12.4. The van der Waals surface area contributed by atoms with Gasteiger partial charge in [-0.2, -0.15) is 0 Å². The van der Waals surface area contributed by atoms with Crippen LogP contribution in [0.5, 0.6) is 0 Å². The number of thiophene rings is 1. The molecule has 2 aromatic rings. The number of hydrogen-bond acceptors (Lipinski definition) is 6. The van der Waals surface area contributed by atoms with Crippen LogP contribution in [0.3, 0.4) is 0 Å². The fraction of sp³-hybridized carbons (Fsp3) is 0.364. The minimum atomic E-state index is -0.432. The summed E-state index contributed by atoms with van der Waals surface area (Å²) in [6, 6.07) is 1.57. The van der Waals surface area contributed by atoms with Crippen LogP contribution in [0.1, 0.15) is 11.8 Å². The summed E-state index contributed by atoms with van der Waals surface area (Å²) in [5.74, 6) is 0.348. The van der Waals surface area contributed by atoms with E-state index in [1.165, 1.54) is 13.4 Å². The number of esters is 1. The van der Waals surface area contributed by atoms with Crippen molar-refractivity contribution in [2.75, 3.05) is 12.4 Å². The molecule has 1 atom stereocenters. The first-order valence-corrected chi connectivity index (χ1v) is 5.99. The van der Waals surface area contributed by atoms with Gasteiger partial charge in [-0.1, -0.05) is 0 Å². The van der Waals surface area contributed by atoms with Gasteiger partial charge in [-0.3, -0.25) is 0 Å². The fourth-order valence-electron chi connectivity index (χ4n) is 1.53. The summed E-state index contributed by atoms with van der Waals surface area (Å²) in [6.45, 7) is 3.75. The monoisotopic (exact) mass is 251 g/mol. The molecule has 0 aliphatic rings. The molecule has 1 unspecified atom stereocenters. The van der Waals surface area contributed by atoms with Crippen molar-refractivity contribution in [1.82, 2.24) is 9.97 Å². The normalized spacial score (nSPS) is 12.4. The highest BCUT2D eigenvalue weighted by molar-refractivity contribution is 7.18. The molecule has 2 aromatic heterocycles. The maximum Gasteiger partial charge on any atom is 0.328 e. The molecule has 0 saturated heterocycles. The number of fused-ring (bicyclic) bond motifs is 1. The van der Waals surface area contributed by atoms with E-state index in [0.29, 0.717) is 5.82 Å². The maximum absolute atomic E-state index is 11.3. The molecule has 5 nitrogen and oxygen atoms in total. The number of ether oxygens (including phenoxy) is 1. The largest absolute Gasteiger partial charge is 0.467 e. The molecular formula is C11H13N3O2S. The molecule has 0 aliphatic heterocycles. The molecule has 0 fully saturated rings. The minimum Gasteiger partial charge on any atom is -0.467 e. The number of hydrogen-bond donors (Lipinski definition) is 1. The molecule has 0 bridgehead atoms. The Bertz CT molecular complexity index is 553. The second kappa shape index (κ2) is 4.67. The average Bonchev–Trinajstić information content (AvgIpc) is 2.69. The molecule has 0 aliphatic carbocycles. The highest BCUT2D eigenvalue weighted by Gasteiger charge is 2.15. The van der Waals surface area contributed by atoms with Gasteiger partial charge < -0.3 is 10.1 Å². The Hall–Kier alpha value is -1.69. The predicted octanol–water partition coefficient (Wildman–Crippen LogP) is 1.97. The number of nitrogens with zero attached hydrogens (tertiary/aromatic N) is 2. The first-order chi connectivity index (χ1) is 8.11. The van der Waals surface area contributed by atoms with Gasteiger partial charge in [0.1, 0.15) is 23.0 Å². The quantitative estimate of drug-likeness (QED) is 0.845. The molecule has 0 aromatic carbocycles. The summed E-state index contributed by atoms with van der Waals surface area (Å²) in [4.78, 5) is 21.7. The van der Waals surface area contributed by atoms with Crippen LogP contribution in [0.2, 0.25) is 0 Å². The molecular weight excluding hydrogens is 238 g/mol. The van der Waals surface area contributed by atoms with Gasteiger partial charge in [0.15, 0.2) is 0 Å². The fourth-order valence-corrected chi connectivity index (χ4v) is 2.38. The van der Waals surface area contributed by atoms with Gasteiger partial charge in [-0.05, 0) is 19.9 Å². The van der Waals surface area contributed by atoms with Crippen molar-refractivity contribution in [2.24, 2.45) is 0 Å². The van der Waals surface area contributed by atoms with Crippen molar-refractivity contribution >= 4 is 33.3 Å². The number of rotatable bonds is 3. The minimum absolute atomic E-state index is 0.316. The molecule has 1 N–H and O–H groups in total. The van der Waals surface area contributed by atoms with Crippen molar-refractivity contribution < 1.29 is 9.53 Å². The zero-order valence-corrected chi connectivity index (χ0v) is 10.7. The molecule has 2 heterocycles. The van der Waals surface area contributed by atoms with Gasteiger partial charge in [0.2, 0.25) is 0 Å². The number of nitrogens with one attached hydrogen (secondary N) is 1. The Labute approximate surface area is 103 Å². The van der Waals surface area contributed by atoms with E-state index >= 15 is 0 Å². The molecule has 0 amide bonds. The highest BCUT2D eigenvalue weighted by atomic mass is 32.1. The first-order valence-electron chi connectivity index (χ1n) is 5.17. The lowest BCUT2D eigenvalue weighted by Crippen LogP contribution is -2.27. The van der Waals surface area contributed by atoms with E-state index in [9.17, 15) is 4.79 Å². The Morgan fingerprint density at radius 1 is 1.53 bits per heavy atom. The van der Waals surface area contributed by atoms with Crippen molar-refractivity contribution in [3.05, 3.63) is 17.3 Å². The lowest BCUT2D eigenvalue weighted by Gasteiger charge is -2.12. The smallest absolute Gasteiger partial charge is 0.328 e. The second-order valence-corrected chi connectivity index (χ2v) is 4.92. The van der Waals surface area contributed by atoms with Crippen LogP contribution in [0.15, 0.2) is 12.4 Å². The molecule has 0 saturated carbocycles. The number of aromatic nitrogens is 2. The summed E-state index contributed by atoms with van der Waals surface area (Å²) < 4.78 is 4.66. The number of methoxy groups -OCH3 is 1. The summed E-state index contributed by atoms with van der Waals surface area (Å²) in [5.41, 5.74) is 0. The number of anilines is 1. The highest BCUT2D eigenvalue weighted by Crippen LogP contribution is 2.27. The summed E-state index contributed by atoms with van der Waals surface area (Å²) in [5, 5.41) is 3.97. The van der Waals surface area contributed by atoms with Crippen LogP contribution >= 0.6 is 11.3 Å². The second-order valence-electron chi connectivity index (χ2n) is 3.69. The van der Waals surface area contributed by atoms with Crippen LogP contribution in [0, 0.1) is 6.92 Å². The van der Waals surface area contributed by atoms with E-state index in [4.69, 9.17) is 0 Å². The van der Waals surface area contributed by atoms with Gasteiger partial charge in [-0.25, -0.2) is 14.8 Å². The summed E-state index contributed by atoms with van der Waals surface area (Å²) in [6.07, 6.45) is 1.49. The van der Waals surface area contributed by atoms with Gasteiger partial charge in [0.25, 0.3) is 0 Å². The lowest BCUT2D eigenvalue weighted by atomic mass is 10.3. The molecule has 6 heteroatoms. The van der Waals surface area contributed by atoms with Crippen LogP contribution < -0.4 is 5.32 Å². The summed E-state index contributed by atoms with van der Waals surface area (Å²) in [7, 11) is 1.37. The molecule has 17 heavy (non-hydrogen) atoms. The zero-order valence-electron chi connectivity index (χ0n) is 9.85. The van der Waals surface area contributed by atoms with Crippen molar-refractivity contribution in [3.63, 3.8) is 0 Å². The van der Waals surface area contributed by atoms with E-state index in [-0.39, 0.29) is 5.97 Å². The van der Waals surface area contributed by atoms with E-state index < -0.39 is 6.04 Å². The van der Waals surface area contributed by atoms with Gasteiger partial charge in [-0.15, -0.1) is 11.3 Å². The SMILES string of the molecule is COC(=O)C(C)Nc1ncnc2sc(C)cc12. The molecule has 0 radical (unpaired) electrons. The topological polar surface area (TPSA) is 64.1 Å². The molecule has 2 rings (SSSR count). The van der Waals surface area contributed by atoms with Crippen LogP contribution in [0.25, 0.3) is 10.2 Å². The van der Waals surface area contributed by atoms with E-state index in [0.717, 1.165) is 15.1 Å². The Kier molecular flexibility index (Phi) is 3.23. The van der Waals surface area contributed by atoms with Gasteiger partial charge in [0, 0.05) is 4.88 Å². The Balaban J connectivity index is 2.32. The van der Waals surface area contributed by atoms with Gasteiger partial charge in [0.05, 0.1) is 12.5 Å². The van der Waals surface area contributed by atoms with Crippen molar-refractivity contribution in [1.29, 1.82) is 0 Å². The van der Waals surface area contributed by atoms with E-state index in [1.54, 1.807) is 18.3 Å². The van der Waals surface area contributed by atoms with Crippen LogP contribution in [0.4, 0.5) is 5.82 Å². The molecule has 90 valence electrons. The van der Waals surface area contributed by atoms with Crippen molar-refractivity contribution in [3.8, 4) is 0 Å². The standard InChI is InChI=1S/C11H13N3O2S/c1-6-4-8-9(12-5-13-10(8)17-6)14-7(2)11(15)16-3/h4-5,7H,1-3H3,(H,12,13,14). The predicted molar refractivity (Wildman–Crippen MR) is 67.3 cm³/mol. The Morgan fingerprint density at radius 2 is 2.29 bits per heavy atom. The van der Waals surface area contributed by atoms with E-state index in [2.05, 4.69) is 20.0 Å². The van der Waals surface area contributed by atoms with Crippen molar-refractivity contribution in [2.45, 2.75) is 19.9 Å². The number of carbonyl (C=O) groups excluding carboxylic acids is 1. The van der Waals surface area contributed by atoms with Crippen LogP contribution in [-0.2, 0) is 9.53 Å². The first kappa shape index (κ1) is 11.8. The third-order valence-electron chi connectivity index (χ3n) is 2.36.